The lowest BCUT2D eigenvalue weighted by Crippen LogP contribution is -2.52. The summed E-state index contributed by atoms with van der Waals surface area (Å²) < 4.78 is 0. The Balaban J connectivity index is 3.54. The summed E-state index contributed by atoms with van der Waals surface area (Å²) in [4.78, 5) is 12.4. The Morgan fingerprint density at radius 2 is 1.50 bits per heavy atom. The maximum atomic E-state index is 12.4. The minimum absolute atomic E-state index is 0.0415. The third-order valence-corrected chi connectivity index (χ3v) is 3.86. The third-order valence-electron chi connectivity index (χ3n) is 3.86. The van der Waals surface area contributed by atoms with E-state index in [1.165, 1.54) is 0 Å². The molecule has 0 radical (unpaired) electrons. The average Bonchev–Trinajstić information content (AvgIpc) is 2.23. The van der Waals surface area contributed by atoms with Crippen molar-refractivity contribution in [2.24, 2.45) is 16.6 Å². The Bertz CT molecular complexity index is 477. The summed E-state index contributed by atoms with van der Waals surface area (Å²) in [6.07, 6.45) is 0.656. The number of nitrogens with two attached hydrogens (primary N) is 1. The maximum Gasteiger partial charge on any atom is 0.228 e. The molecule has 0 fully saturated rings. The average molecular weight is 277 g/mol. The Kier molecular flexibility index (Phi) is 4.23. The number of primary amides is 1. The van der Waals surface area contributed by atoms with Gasteiger partial charge in [-0.15, -0.1) is 0 Å². The van der Waals surface area contributed by atoms with Crippen LogP contribution in [0.4, 0.5) is 0 Å². The monoisotopic (exact) mass is 277 g/mol. The van der Waals surface area contributed by atoms with Gasteiger partial charge in [0.25, 0.3) is 0 Å². The quantitative estimate of drug-likeness (QED) is 0.886. The molecule has 0 spiro atoms. The van der Waals surface area contributed by atoms with Gasteiger partial charge in [-0.1, -0.05) is 53.7 Å². The first-order chi connectivity index (χ1) is 8.90. The number of hydrogen-bond donors (Lipinski definition) is 2. The summed E-state index contributed by atoms with van der Waals surface area (Å²) in [6, 6.07) is 6.83. The minimum atomic E-state index is -0.765. The Morgan fingerprint density at radius 1 is 1.05 bits per heavy atom. The van der Waals surface area contributed by atoms with Crippen LogP contribution in [0.3, 0.4) is 0 Å². The summed E-state index contributed by atoms with van der Waals surface area (Å²) in [5.74, 6) is -0.123. The summed E-state index contributed by atoms with van der Waals surface area (Å²) in [5, 5.41) is 9.48. The van der Waals surface area contributed by atoms with E-state index in [0.29, 0.717) is 6.42 Å². The molecule has 0 aliphatic rings. The Hall–Kier alpha value is -1.51. The van der Waals surface area contributed by atoms with Crippen molar-refractivity contribution < 1.29 is 9.90 Å². The van der Waals surface area contributed by atoms with Gasteiger partial charge in [0, 0.05) is 0 Å². The number of amides is 1. The number of carbonyl (C=O) groups excluding carboxylic acids is 1. The molecule has 0 aromatic heterocycles. The lowest BCUT2D eigenvalue weighted by Gasteiger charge is -2.46. The molecular weight excluding hydrogens is 250 g/mol. The fourth-order valence-electron chi connectivity index (χ4n) is 2.94. The molecule has 0 bridgehead atoms. The second-order valence-electron chi connectivity index (χ2n) is 7.80. The first-order valence-corrected chi connectivity index (χ1v) is 6.99. The lowest BCUT2D eigenvalue weighted by molar-refractivity contribution is -0.129. The van der Waals surface area contributed by atoms with Crippen molar-refractivity contribution in [1.29, 1.82) is 0 Å². The third kappa shape index (κ3) is 3.14. The number of aromatic hydroxyl groups is 1. The minimum Gasteiger partial charge on any atom is -0.508 e. The van der Waals surface area contributed by atoms with Crippen LogP contribution in [0, 0.1) is 10.8 Å². The molecule has 3 N–H and O–H groups in total. The van der Waals surface area contributed by atoms with Crippen LogP contribution in [0.5, 0.6) is 5.75 Å². The van der Waals surface area contributed by atoms with E-state index in [9.17, 15) is 9.90 Å². The summed E-state index contributed by atoms with van der Waals surface area (Å²) in [5.41, 5.74) is 5.58. The van der Waals surface area contributed by atoms with Gasteiger partial charge in [0.2, 0.25) is 5.91 Å². The number of carbonyl (C=O) groups is 1. The molecule has 1 rings (SSSR count). The largest absolute Gasteiger partial charge is 0.508 e. The molecule has 0 aliphatic heterocycles. The van der Waals surface area contributed by atoms with Crippen molar-refractivity contribution in [2.75, 3.05) is 0 Å². The molecule has 0 aliphatic carbocycles. The van der Waals surface area contributed by atoms with Crippen molar-refractivity contribution >= 4 is 5.91 Å². The van der Waals surface area contributed by atoms with E-state index >= 15 is 0 Å². The van der Waals surface area contributed by atoms with Crippen LogP contribution in [0.15, 0.2) is 24.3 Å². The maximum absolute atomic E-state index is 12.4. The smallest absolute Gasteiger partial charge is 0.228 e. The van der Waals surface area contributed by atoms with E-state index in [2.05, 4.69) is 20.8 Å². The number of phenols is 1. The topological polar surface area (TPSA) is 63.3 Å². The molecule has 20 heavy (non-hydrogen) atoms. The first-order valence-electron chi connectivity index (χ1n) is 6.99. The number of hydrogen-bond acceptors (Lipinski definition) is 2. The van der Waals surface area contributed by atoms with Gasteiger partial charge in [0.05, 0.1) is 5.41 Å². The van der Waals surface area contributed by atoms with Crippen LogP contribution >= 0.6 is 0 Å². The van der Waals surface area contributed by atoms with E-state index < -0.39 is 5.41 Å². The first kappa shape index (κ1) is 16.5. The summed E-state index contributed by atoms with van der Waals surface area (Å²) >= 11 is 0. The van der Waals surface area contributed by atoms with E-state index in [1.807, 2.05) is 20.8 Å². The molecule has 1 atom stereocenters. The number of rotatable bonds is 3. The van der Waals surface area contributed by atoms with Crippen molar-refractivity contribution in [1.82, 2.24) is 0 Å². The highest BCUT2D eigenvalue weighted by molar-refractivity contribution is 5.88. The molecule has 1 aromatic rings. The standard InChI is InChI=1S/C17H27NO2/c1-15(2,3)11-17(14(18)20,16(4,5)6)12-7-9-13(19)10-8-12/h7-10,19H,11H2,1-6H3,(H2,18,20). The predicted molar refractivity (Wildman–Crippen MR) is 82.5 cm³/mol. The summed E-state index contributed by atoms with van der Waals surface area (Å²) in [6.45, 7) is 12.4. The van der Waals surface area contributed by atoms with E-state index in [1.54, 1.807) is 24.3 Å². The van der Waals surface area contributed by atoms with Crippen LogP contribution in [0.25, 0.3) is 0 Å². The summed E-state index contributed by atoms with van der Waals surface area (Å²) in [7, 11) is 0. The van der Waals surface area contributed by atoms with Crippen molar-refractivity contribution in [3.8, 4) is 5.75 Å². The molecule has 1 aromatic carbocycles. The molecule has 3 heteroatoms. The molecule has 0 saturated heterocycles. The van der Waals surface area contributed by atoms with Gasteiger partial charge in [0.15, 0.2) is 0 Å². The van der Waals surface area contributed by atoms with Gasteiger partial charge in [-0.3, -0.25) is 4.79 Å². The van der Waals surface area contributed by atoms with Crippen LogP contribution < -0.4 is 5.73 Å². The van der Waals surface area contributed by atoms with Crippen LogP contribution in [-0.4, -0.2) is 11.0 Å². The zero-order valence-corrected chi connectivity index (χ0v) is 13.4. The second-order valence-corrected chi connectivity index (χ2v) is 7.80. The molecule has 1 amide bonds. The molecule has 0 saturated carbocycles. The van der Waals surface area contributed by atoms with Crippen LogP contribution in [-0.2, 0) is 10.2 Å². The van der Waals surface area contributed by atoms with E-state index in [-0.39, 0.29) is 22.5 Å². The molecule has 1 unspecified atom stereocenters. The molecule has 0 heterocycles. The van der Waals surface area contributed by atoms with Gasteiger partial charge >= 0.3 is 0 Å². The number of phenolic OH excluding ortho intramolecular Hbond substituents is 1. The normalized spacial score (nSPS) is 15.7. The van der Waals surface area contributed by atoms with Gasteiger partial charge in [-0.2, -0.15) is 0 Å². The lowest BCUT2D eigenvalue weighted by atomic mass is 9.56. The molecule has 112 valence electrons. The zero-order valence-electron chi connectivity index (χ0n) is 13.4. The van der Waals surface area contributed by atoms with Gasteiger partial charge in [0.1, 0.15) is 5.75 Å². The predicted octanol–water partition coefficient (Wildman–Crippen LogP) is 3.60. The molecule has 3 nitrogen and oxygen atoms in total. The highest BCUT2D eigenvalue weighted by atomic mass is 16.3. The van der Waals surface area contributed by atoms with Crippen molar-refractivity contribution in [3.05, 3.63) is 29.8 Å². The SMILES string of the molecule is CC(C)(C)CC(C(N)=O)(c1ccc(O)cc1)C(C)(C)C. The molecular formula is C17H27NO2. The van der Waals surface area contributed by atoms with Gasteiger partial charge < -0.3 is 10.8 Å². The van der Waals surface area contributed by atoms with Gasteiger partial charge in [-0.05, 0) is 34.9 Å². The fourth-order valence-corrected chi connectivity index (χ4v) is 2.94. The van der Waals surface area contributed by atoms with E-state index in [0.717, 1.165) is 5.56 Å². The second kappa shape index (κ2) is 5.12. The van der Waals surface area contributed by atoms with Crippen molar-refractivity contribution in [3.63, 3.8) is 0 Å². The van der Waals surface area contributed by atoms with Crippen LogP contribution in [0.1, 0.15) is 53.5 Å². The van der Waals surface area contributed by atoms with Gasteiger partial charge in [-0.25, -0.2) is 0 Å². The highest BCUT2D eigenvalue weighted by Crippen LogP contribution is 2.48. The number of benzene rings is 1. The zero-order chi connectivity index (χ0) is 15.8. The Labute approximate surface area is 122 Å². The highest BCUT2D eigenvalue weighted by Gasteiger charge is 2.50. The van der Waals surface area contributed by atoms with Crippen LogP contribution in [0.2, 0.25) is 0 Å². The fraction of sp³-hybridized carbons (Fsp3) is 0.588. The van der Waals surface area contributed by atoms with Crippen molar-refractivity contribution in [2.45, 2.75) is 53.4 Å². The Morgan fingerprint density at radius 3 is 1.80 bits per heavy atom. The van der Waals surface area contributed by atoms with E-state index in [4.69, 9.17) is 5.73 Å².